The Morgan fingerprint density at radius 2 is 2.07 bits per heavy atom. The average molecular weight is 221 g/mol. The zero-order valence-electron chi connectivity index (χ0n) is 7.61. The summed E-state index contributed by atoms with van der Waals surface area (Å²) in [5, 5.41) is 8.94. The van der Waals surface area contributed by atoms with Crippen molar-refractivity contribution >= 4 is 12.4 Å². The van der Waals surface area contributed by atoms with Gasteiger partial charge in [0.1, 0.15) is 11.6 Å². The molecule has 0 heterocycles. The highest BCUT2D eigenvalue weighted by atomic mass is 35.5. The lowest BCUT2D eigenvalue weighted by Gasteiger charge is -2.11. The Hall–Kier alpha value is -0.840. The lowest BCUT2D eigenvalue weighted by Crippen LogP contribution is -2.16. The molecule has 0 bridgehead atoms. The fraction of sp³-hybridized carbons (Fsp3) is 0.333. The third kappa shape index (κ3) is 3.14. The summed E-state index contributed by atoms with van der Waals surface area (Å²) in [4.78, 5) is 0. The van der Waals surface area contributed by atoms with Crippen molar-refractivity contribution in [3.63, 3.8) is 0 Å². The van der Waals surface area contributed by atoms with Crippen LogP contribution < -0.4 is 11.5 Å². The highest BCUT2D eigenvalue weighted by Crippen LogP contribution is 2.21. The van der Waals surface area contributed by atoms with Gasteiger partial charge in [-0.15, -0.1) is 12.4 Å². The Labute approximate surface area is 88.3 Å². The van der Waals surface area contributed by atoms with Crippen LogP contribution in [0, 0.1) is 5.82 Å². The first kappa shape index (κ1) is 13.2. The zero-order valence-corrected chi connectivity index (χ0v) is 8.43. The van der Waals surface area contributed by atoms with E-state index in [0.717, 1.165) is 6.07 Å². The predicted octanol–water partition coefficient (Wildman–Crippen LogP) is 1.30. The van der Waals surface area contributed by atoms with Gasteiger partial charge in [-0.25, -0.2) is 4.39 Å². The summed E-state index contributed by atoms with van der Waals surface area (Å²) < 4.78 is 13.1. The van der Waals surface area contributed by atoms with Gasteiger partial charge in [-0.3, -0.25) is 0 Å². The fourth-order valence-corrected chi connectivity index (χ4v) is 1.15. The predicted molar refractivity (Wildman–Crippen MR) is 55.9 cm³/mol. The SMILES string of the molecule is Cl.NCC[C@H](N)c1ccc(O)cc1F. The van der Waals surface area contributed by atoms with Gasteiger partial charge in [0.05, 0.1) is 0 Å². The van der Waals surface area contributed by atoms with E-state index in [2.05, 4.69) is 0 Å². The molecule has 80 valence electrons. The second-order valence-corrected chi connectivity index (χ2v) is 2.89. The lowest BCUT2D eigenvalue weighted by molar-refractivity contribution is 0.465. The second kappa shape index (κ2) is 5.80. The van der Waals surface area contributed by atoms with Crippen LogP contribution in [0.15, 0.2) is 18.2 Å². The molecule has 0 fully saturated rings. The van der Waals surface area contributed by atoms with Gasteiger partial charge in [0.25, 0.3) is 0 Å². The number of halogens is 2. The Morgan fingerprint density at radius 3 is 2.57 bits per heavy atom. The largest absolute Gasteiger partial charge is 0.508 e. The van der Waals surface area contributed by atoms with Crippen LogP contribution in [-0.2, 0) is 0 Å². The van der Waals surface area contributed by atoms with Gasteiger partial charge in [-0.2, -0.15) is 0 Å². The maximum absolute atomic E-state index is 13.1. The minimum atomic E-state index is -0.485. The summed E-state index contributed by atoms with van der Waals surface area (Å²) in [6.45, 7) is 0.418. The van der Waals surface area contributed by atoms with Crippen LogP contribution in [0.1, 0.15) is 18.0 Å². The molecule has 0 aromatic heterocycles. The quantitative estimate of drug-likeness (QED) is 0.719. The highest BCUT2D eigenvalue weighted by Gasteiger charge is 2.10. The van der Waals surface area contributed by atoms with Crippen LogP contribution in [0.25, 0.3) is 0 Å². The van der Waals surface area contributed by atoms with Gasteiger partial charge in [0.2, 0.25) is 0 Å². The number of aromatic hydroxyl groups is 1. The molecule has 3 nitrogen and oxygen atoms in total. The van der Waals surface area contributed by atoms with Crippen molar-refractivity contribution in [3.05, 3.63) is 29.6 Å². The summed E-state index contributed by atoms with van der Waals surface area (Å²) in [6.07, 6.45) is 0.529. The molecule has 0 spiro atoms. The van der Waals surface area contributed by atoms with Crippen LogP contribution >= 0.6 is 12.4 Å². The van der Waals surface area contributed by atoms with Crippen molar-refractivity contribution in [1.82, 2.24) is 0 Å². The van der Waals surface area contributed by atoms with Crippen LogP contribution in [0.2, 0.25) is 0 Å². The van der Waals surface area contributed by atoms with Gasteiger partial charge in [0, 0.05) is 17.7 Å². The second-order valence-electron chi connectivity index (χ2n) is 2.89. The van der Waals surface area contributed by atoms with Crippen LogP contribution in [-0.4, -0.2) is 11.7 Å². The standard InChI is InChI=1S/C9H13FN2O.ClH/c10-8-5-6(13)1-2-7(8)9(12)3-4-11;/h1-2,5,9,13H,3-4,11-12H2;1H/t9-;/m0./s1. The summed E-state index contributed by atoms with van der Waals surface area (Å²) in [5.41, 5.74) is 11.3. The van der Waals surface area contributed by atoms with Crippen molar-refractivity contribution in [2.45, 2.75) is 12.5 Å². The van der Waals surface area contributed by atoms with Gasteiger partial charge in [0.15, 0.2) is 0 Å². The minimum Gasteiger partial charge on any atom is -0.508 e. The molecule has 1 aromatic carbocycles. The van der Waals surface area contributed by atoms with Crippen LogP contribution in [0.4, 0.5) is 4.39 Å². The maximum Gasteiger partial charge on any atom is 0.131 e. The molecule has 5 N–H and O–H groups in total. The molecular weight excluding hydrogens is 207 g/mol. The molecule has 0 saturated heterocycles. The van der Waals surface area contributed by atoms with E-state index in [4.69, 9.17) is 16.6 Å². The van der Waals surface area contributed by atoms with E-state index in [1.165, 1.54) is 12.1 Å². The molecule has 0 unspecified atom stereocenters. The summed E-state index contributed by atoms with van der Waals surface area (Å²) in [7, 11) is 0. The van der Waals surface area contributed by atoms with Gasteiger partial charge < -0.3 is 16.6 Å². The molecule has 1 atom stereocenters. The first-order valence-electron chi connectivity index (χ1n) is 4.09. The molecule has 0 saturated carbocycles. The van der Waals surface area contributed by atoms with Crippen molar-refractivity contribution in [3.8, 4) is 5.75 Å². The number of hydrogen-bond acceptors (Lipinski definition) is 3. The Morgan fingerprint density at radius 1 is 1.43 bits per heavy atom. The molecule has 1 aromatic rings. The molecule has 0 aliphatic heterocycles. The summed E-state index contributed by atoms with van der Waals surface area (Å²) >= 11 is 0. The van der Waals surface area contributed by atoms with Crippen LogP contribution in [0.5, 0.6) is 5.75 Å². The monoisotopic (exact) mass is 220 g/mol. The summed E-state index contributed by atoms with van der Waals surface area (Å²) in [6, 6.07) is 3.54. The average Bonchev–Trinajstić information content (AvgIpc) is 2.04. The maximum atomic E-state index is 13.1. The fourth-order valence-electron chi connectivity index (χ4n) is 1.15. The van der Waals surface area contributed by atoms with E-state index in [-0.39, 0.29) is 18.2 Å². The molecule has 14 heavy (non-hydrogen) atoms. The molecule has 1 rings (SSSR count). The number of nitrogens with two attached hydrogens (primary N) is 2. The smallest absolute Gasteiger partial charge is 0.131 e. The number of benzene rings is 1. The number of phenols is 1. The normalized spacial score (nSPS) is 11.9. The zero-order chi connectivity index (χ0) is 9.84. The Kier molecular flexibility index (Phi) is 5.45. The Balaban J connectivity index is 0.00000169. The van der Waals surface area contributed by atoms with E-state index >= 15 is 0 Å². The van der Waals surface area contributed by atoms with E-state index in [0.29, 0.717) is 18.5 Å². The van der Waals surface area contributed by atoms with E-state index in [1.54, 1.807) is 0 Å². The number of rotatable bonds is 3. The van der Waals surface area contributed by atoms with E-state index in [1.807, 2.05) is 0 Å². The van der Waals surface area contributed by atoms with Crippen molar-refractivity contribution in [2.75, 3.05) is 6.54 Å². The van der Waals surface area contributed by atoms with E-state index < -0.39 is 11.9 Å². The molecule has 0 radical (unpaired) electrons. The number of phenolic OH excluding ortho intramolecular Hbond substituents is 1. The van der Waals surface area contributed by atoms with Crippen molar-refractivity contribution < 1.29 is 9.50 Å². The van der Waals surface area contributed by atoms with Gasteiger partial charge in [-0.1, -0.05) is 6.07 Å². The first-order chi connectivity index (χ1) is 6.15. The van der Waals surface area contributed by atoms with Gasteiger partial charge in [-0.05, 0) is 19.0 Å². The minimum absolute atomic E-state index is 0. The van der Waals surface area contributed by atoms with Crippen molar-refractivity contribution in [2.24, 2.45) is 11.5 Å². The highest BCUT2D eigenvalue weighted by molar-refractivity contribution is 5.85. The van der Waals surface area contributed by atoms with Crippen molar-refractivity contribution in [1.29, 1.82) is 0 Å². The Bertz CT molecular complexity index is 296. The molecule has 5 heteroatoms. The molecule has 0 amide bonds. The van der Waals surface area contributed by atoms with Gasteiger partial charge >= 0.3 is 0 Å². The molecular formula is C9H14ClFN2O. The third-order valence-corrected chi connectivity index (χ3v) is 1.86. The first-order valence-corrected chi connectivity index (χ1v) is 4.09. The van der Waals surface area contributed by atoms with E-state index in [9.17, 15) is 4.39 Å². The third-order valence-electron chi connectivity index (χ3n) is 1.86. The molecule has 0 aliphatic rings. The summed E-state index contributed by atoms with van der Waals surface area (Å²) in [5.74, 6) is -0.581. The lowest BCUT2D eigenvalue weighted by atomic mass is 10.0. The topological polar surface area (TPSA) is 72.3 Å². The van der Waals surface area contributed by atoms with Crippen LogP contribution in [0.3, 0.4) is 0 Å². The molecule has 0 aliphatic carbocycles. The number of hydrogen-bond donors (Lipinski definition) is 3.